The lowest BCUT2D eigenvalue weighted by Crippen LogP contribution is -2.44. The van der Waals surface area contributed by atoms with Crippen LogP contribution in [0.25, 0.3) is 10.8 Å². The van der Waals surface area contributed by atoms with E-state index < -0.39 is 0 Å². The molecule has 2 aromatic rings. The van der Waals surface area contributed by atoms with Gasteiger partial charge in [0.25, 0.3) is 11.8 Å². The van der Waals surface area contributed by atoms with Crippen LogP contribution in [0.1, 0.15) is 34.6 Å². The normalized spacial score (nSPS) is 14.3. The van der Waals surface area contributed by atoms with Crippen molar-refractivity contribution >= 4 is 22.6 Å². The number of rotatable bonds is 4. The summed E-state index contributed by atoms with van der Waals surface area (Å²) in [6.45, 7) is 5.07. The number of benzene rings is 2. The van der Waals surface area contributed by atoms with Crippen LogP contribution in [0.15, 0.2) is 36.4 Å². The monoisotopic (exact) mass is 282 g/mol. The van der Waals surface area contributed by atoms with Gasteiger partial charge in [0, 0.05) is 35.6 Å². The number of hydrogen-bond acceptors (Lipinski definition) is 3. The van der Waals surface area contributed by atoms with E-state index in [0.717, 1.165) is 10.8 Å². The van der Waals surface area contributed by atoms with Gasteiger partial charge in [-0.2, -0.15) is 0 Å². The zero-order valence-electron chi connectivity index (χ0n) is 12.2. The molecule has 108 valence electrons. The van der Waals surface area contributed by atoms with Gasteiger partial charge in [0.1, 0.15) is 0 Å². The summed E-state index contributed by atoms with van der Waals surface area (Å²) < 4.78 is 0. The van der Waals surface area contributed by atoms with E-state index in [9.17, 15) is 9.59 Å². The molecular formula is C17H18N2O2. The smallest absolute Gasteiger partial charge is 0.261 e. The molecule has 2 aromatic carbocycles. The highest BCUT2D eigenvalue weighted by atomic mass is 16.2. The van der Waals surface area contributed by atoms with Crippen LogP contribution < -0.4 is 5.32 Å². The second-order valence-electron chi connectivity index (χ2n) is 5.58. The third kappa shape index (κ3) is 2.32. The third-order valence-electron chi connectivity index (χ3n) is 3.74. The van der Waals surface area contributed by atoms with Gasteiger partial charge in [0.15, 0.2) is 0 Å². The maximum atomic E-state index is 12.6. The molecule has 0 fully saturated rings. The van der Waals surface area contributed by atoms with Gasteiger partial charge < -0.3 is 5.32 Å². The summed E-state index contributed by atoms with van der Waals surface area (Å²) in [4.78, 5) is 26.5. The minimum Gasteiger partial charge on any atom is -0.313 e. The topological polar surface area (TPSA) is 49.4 Å². The number of nitrogens with zero attached hydrogens (tertiary/aromatic N) is 1. The molecule has 0 spiro atoms. The maximum Gasteiger partial charge on any atom is 0.261 e. The van der Waals surface area contributed by atoms with Crippen LogP contribution in [-0.4, -0.2) is 35.8 Å². The molecule has 0 aliphatic carbocycles. The van der Waals surface area contributed by atoms with E-state index in [-0.39, 0.29) is 11.8 Å². The molecule has 1 heterocycles. The van der Waals surface area contributed by atoms with Crippen molar-refractivity contribution in [2.24, 2.45) is 0 Å². The van der Waals surface area contributed by atoms with Gasteiger partial charge in [-0.05, 0) is 17.5 Å². The highest BCUT2D eigenvalue weighted by Crippen LogP contribution is 2.29. The van der Waals surface area contributed by atoms with Crippen LogP contribution in [0.4, 0.5) is 0 Å². The first kappa shape index (κ1) is 13.8. The fraction of sp³-hybridized carbons (Fsp3) is 0.294. The largest absolute Gasteiger partial charge is 0.313 e. The van der Waals surface area contributed by atoms with E-state index in [1.807, 2.05) is 38.1 Å². The first-order valence-corrected chi connectivity index (χ1v) is 7.21. The van der Waals surface area contributed by atoms with Crippen molar-refractivity contribution in [2.45, 2.75) is 19.9 Å². The predicted octanol–water partition coefficient (Wildman–Crippen LogP) is 2.43. The average molecular weight is 282 g/mol. The zero-order valence-corrected chi connectivity index (χ0v) is 12.2. The summed E-state index contributed by atoms with van der Waals surface area (Å²) in [5.41, 5.74) is 1.24. The van der Waals surface area contributed by atoms with Gasteiger partial charge >= 0.3 is 0 Å². The fourth-order valence-corrected chi connectivity index (χ4v) is 2.75. The Hall–Kier alpha value is -2.20. The molecule has 0 saturated carbocycles. The lowest BCUT2D eigenvalue weighted by molar-refractivity contribution is 0.0611. The average Bonchev–Trinajstić information content (AvgIpc) is 2.47. The Labute approximate surface area is 123 Å². The lowest BCUT2D eigenvalue weighted by Gasteiger charge is -2.27. The molecule has 0 unspecified atom stereocenters. The summed E-state index contributed by atoms with van der Waals surface area (Å²) in [5, 5.41) is 4.95. The molecule has 1 aliphatic heterocycles. The predicted molar refractivity (Wildman–Crippen MR) is 82.5 cm³/mol. The molecule has 4 nitrogen and oxygen atoms in total. The minimum absolute atomic E-state index is 0.199. The highest BCUT2D eigenvalue weighted by molar-refractivity contribution is 6.25. The Bertz CT molecular complexity index is 671. The van der Waals surface area contributed by atoms with E-state index in [0.29, 0.717) is 30.3 Å². The van der Waals surface area contributed by atoms with E-state index in [2.05, 4.69) is 5.32 Å². The summed E-state index contributed by atoms with van der Waals surface area (Å²) in [6.07, 6.45) is 0. The van der Waals surface area contributed by atoms with E-state index >= 15 is 0 Å². The van der Waals surface area contributed by atoms with Gasteiger partial charge in [-0.25, -0.2) is 0 Å². The lowest BCUT2D eigenvalue weighted by atomic mass is 9.94. The van der Waals surface area contributed by atoms with Gasteiger partial charge in [0.2, 0.25) is 0 Å². The van der Waals surface area contributed by atoms with Crippen LogP contribution in [0.3, 0.4) is 0 Å². The number of carbonyl (C=O) groups is 2. The third-order valence-corrected chi connectivity index (χ3v) is 3.74. The molecule has 2 amide bonds. The Morgan fingerprint density at radius 1 is 1.00 bits per heavy atom. The molecule has 1 aliphatic rings. The molecular weight excluding hydrogens is 264 g/mol. The Kier molecular flexibility index (Phi) is 3.47. The molecule has 0 saturated heterocycles. The highest BCUT2D eigenvalue weighted by Gasteiger charge is 2.31. The van der Waals surface area contributed by atoms with E-state index in [1.54, 1.807) is 12.1 Å². The molecule has 0 atom stereocenters. The van der Waals surface area contributed by atoms with Gasteiger partial charge in [-0.15, -0.1) is 0 Å². The van der Waals surface area contributed by atoms with Crippen molar-refractivity contribution in [3.8, 4) is 0 Å². The molecule has 3 rings (SSSR count). The minimum atomic E-state index is -0.199. The van der Waals surface area contributed by atoms with E-state index in [4.69, 9.17) is 0 Å². The molecule has 0 bridgehead atoms. The molecule has 4 heteroatoms. The SMILES string of the molecule is CC(C)NCCN1C(=O)c2cccc3cccc(c23)C1=O. The van der Waals surface area contributed by atoms with Crippen LogP contribution >= 0.6 is 0 Å². The molecule has 21 heavy (non-hydrogen) atoms. The van der Waals surface area contributed by atoms with Crippen molar-refractivity contribution < 1.29 is 9.59 Å². The van der Waals surface area contributed by atoms with Gasteiger partial charge in [-0.1, -0.05) is 38.1 Å². The molecule has 0 aromatic heterocycles. The quantitative estimate of drug-likeness (QED) is 0.876. The number of amides is 2. The maximum absolute atomic E-state index is 12.6. The zero-order chi connectivity index (χ0) is 15.0. The fourth-order valence-electron chi connectivity index (χ4n) is 2.75. The second-order valence-corrected chi connectivity index (χ2v) is 5.58. The Morgan fingerprint density at radius 2 is 1.57 bits per heavy atom. The van der Waals surface area contributed by atoms with Crippen molar-refractivity contribution in [1.29, 1.82) is 0 Å². The number of hydrogen-bond donors (Lipinski definition) is 1. The summed E-state index contributed by atoms with van der Waals surface area (Å²) >= 11 is 0. The summed E-state index contributed by atoms with van der Waals surface area (Å²) in [6, 6.07) is 11.5. The number of carbonyl (C=O) groups excluding carboxylic acids is 2. The number of imide groups is 1. The number of nitrogens with one attached hydrogen (secondary N) is 1. The van der Waals surface area contributed by atoms with Crippen molar-refractivity contribution in [1.82, 2.24) is 10.2 Å². The summed E-state index contributed by atoms with van der Waals surface area (Å²) in [7, 11) is 0. The van der Waals surface area contributed by atoms with Crippen molar-refractivity contribution in [2.75, 3.05) is 13.1 Å². The first-order chi connectivity index (χ1) is 10.1. The molecule has 1 N–H and O–H groups in total. The van der Waals surface area contributed by atoms with E-state index in [1.165, 1.54) is 4.90 Å². The first-order valence-electron chi connectivity index (χ1n) is 7.21. The van der Waals surface area contributed by atoms with Gasteiger partial charge in [0.05, 0.1) is 0 Å². The van der Waals surface area contributed by atoms with Crippen LogP contribution in [0.5, 0.6) is 0 Å². The molecule has 0 radical (unpaired) electrons. The van der Waals surface area contributed by atoms with Gasteiger partial charge in [-0.3, -0.25) is 14.5 Å². The van der Waals surface area contributed by atoms with Crippen molar-refractivity contribution in [3.63, 3.8) is 0 Å². The van der Waals surface area contributed by atoms with Crippen molar-refractivity contribution in [3.05, 3.63) is 47.5 Å². The Morgan fingerprint density at radius 3 is 2.10 bits per heavy atom. The Balaban J connectivity index is 1.99. The second kappa shape index (κ2) is 5.30. The standard InChI is InChI=1S/C17H18N2O2/c1-11(2)18-9-10-19-16(20)13-7-3-5-12-6-4-8-14(15(12)13)17(19)21/h3-8,11,18H,9-10H2,1-2H3. The summed E-state index contributed by atoms with van der Waals surface area (Å²) in [5.74, 6) is -0.398. The van der Waals surface area contributed by atoms with Crippen LogP contribution in [-0.2, 0) is 0 Å². The van der Waals surface area contributed by atoms with Crippen LogP contribution in [0, 0.1) is 0 Å². The van der Waals surface area contributed by atoms with Crippen LogP contribution in [0.2, 0.25) is 0 Å².